The number of hydrogen-bond acceptors (Lipinski definition) is 2. The molecule has 0 fully saturated rings. The molecule has 2 heteroatoms. The summed E-state index contributed by atoms with van der Waals surface area (Å²) in [5.41, 5.74) is 0. The SMILES string of the molecule is CCCCCCCC1N(CC)C=CN1CCCCCC. The van der Waals surface area contributed by atoms with Crippen LogP contribution in [0.25, 0.3) is 0 Å². The van der Waals surface area contributed by atoms with E-state index in [-0.39, 0.29) is 0 Å². The summed E-state index contributed by atoms with van der Waals surface area (Å²) in [7, 11) is 0. The zero-order chi connectivity index (χ0) is 14.6. The molecule has 0 aromatic rings. The minimum absolute atomic E-state index is 0.642. The van der Waals surface area contributed by atoms with Gasteiger partial charge in [0.1, 0.15) is 6.17 Å². The Morgan fingerprint density at radius 2 is 1.30 bits per heavy atom. The van der Waals surface area contributed by atoms with Crippen LogP contribution in [0.15, 0.2) is 12.4 Å². The summed E-state index contributed by atoms with van der Waals surface area (Å²) in [5.74, 6) is 0. The van der Waals surface area contributed by atoms with Crippen molar-refractivity contribution in [2.75, 3.05) is 13.1 Å². The lowest BCUT2D eigenvalue weighted by Gasteiger charge is -2.32. The minimum atomic E-state index is 0.642. The molecule has 118 valence electrons. The van der Waals surface area contributed by atoms with Gasteiger partial charge in [-0.2, -0.15) is 0 Å². The van der Waals surface area contributed by atoms with Crippen LogP contribution in [-0.2, 0) is 0 Å². The Balaban J connectivity index is 2.26. The predicted molar refractivity (Wildman–Crippen MR) is 89.5 cm³/mol. The fraction of sp³-hybridized carbons (Fsp3) is 0.889. The smallest absolute Gasteiger partial charge is 0.101 e. The Labute approximate surface area is 127 Å². The molecule has 0 radical (unpaired) electrons. The Bertz CT molecular complexity index is 250. The number of unbranched alkanes of at least 4 members (excludes halogenated alkanes) is 7. The first-order valence-corrected chi connectivity index (χ1v) is 9.03. The van der Waals surface area contributed by atoms with E-state index >= 15 is 0 Å². The van der Waals surface area contributed by atoms with E-state index in [2.05, 4.69) is 43.0 Å². The van der Waals surface area contributed by atoms with Crippen molar-refractivity contribution in [3.8, 4) is 0 Å². The van der Waals surface area contributed by atoms with E-state index < -0.39 is 0 Å². The lowest BCUT2D eigenvalue weighted by molar-refractivity contribution is 0.142. The zero-order valence-corrected chi connectivity index (χ0v) is 14.1. The van der Waals surface area contributed by atoms with Gasteiger partial charge in [-0.05, 0) is 26.2 Å². The van der Waals surface area contributed by atoms with Crippen LogP contribution in [0.3, 0.4) is 0 Å². The van der Waals surface area contributed by atoms with Crippen molar-refractivity contribution in [3.05, 3.63) is 12.4 Å². The molecule has 0 aromatic carbocycles. The van der Waals surface area contributed by atoms with Crippen LogP contribution in [0.5, 0.6) is 0 Å². The molecule has 0 N–H and O–H groups in total. The van der Waals surface area contributed by atoms with Crippen LogP contribution >= 0.6 is 0 Å². The standard InChI is InChI=1S/C18H36N2/c1-4-7-9-11-12-14-18-19(6-3)16-17-20(18)15-13-10-8-5-2/h16-18H,4-15H2,1-3H3. The average molecular weight is 280 g/mol. The molecule has 1 rings (SSSR count). The van der Waals surface area contributed by atoms with Gasteiger partial charge in [0, 0.05) is 25.5 Å². The number of rotatable bonds is 12. The Kier molecular flexibility index (Phi) is 9.61. The first-order chi connectivity index (χ1) is 9.83. The molecular formula is C18H36N2. The second-order valence-corrected chi connectivity index (χ2v) is 6.11. The molecular weight excluding hydrogens is 244 g/mol. The largest absolute Gasteiger partial charge is 0.356 e. The quantitative estimate of drug-likeness (QED) is 0.444. The normalized spacial score (nSPS) is 18.2. The first-order valence-electron chi connectivity index (χ1n) is 9.03. The van der Waals surface area contributed by atoms with Crippen molar-refractivity contribution in [3.63, 3.8) is 0 Å². The van der Waals surface area contributed by atoms with Gasteiger partial charge in [-0.15, -0.1) is 0 Å². The molecule has 0 aliphatic carbocycles. The fourth-order valence-corrected chi connectivity index (χ4v) is 3.08. The van der Waals surface area contributed by atoms with Crippen LogP contribution in [-0.4, -0.2) is 29.1 Å². The van der Waals surface area contributed by atoms with Crippen LogP contribution in [0.2, 0.25) is 0 Å². The lowest BCUT2D eigenvalue weighted by atomic mass is 10.1. The molecule has 1 aliphatic rings. The Hall–Kier alpha value is -0.660. The third-order valence-corrected chi connectivity index (χ3v) is 4.42. The maximum absolute atomic E-state index is 2.58. The molecule has 1 atom stereocenters. The molecule has 0 saturated carbocycles. The number of hydrogen-bond donors (Lipinski definition) is 0. The molecule has 1 heterocycles. The lowest BCUT2D eigenvalue weighted by Crippen LogP contribution is -2.38. The maximum Gasteiger partial charge on any atom is 0.101 e. The van der Waals surface area contributed by atoms with E-state index in [0.29, 0.717) is 6.17 Å². The van der Waals surface area contributed by atoms with Gasteiger partial charge in [0.15, 0.2) is 0 Å². The van der Waals surface area contributed by atoms with Gasteiger partial charge >= 0.3 is 0 Å². The summed E-state index contributed by atoms with van der Waals surface area (Å²) in [6.07, 6.45) is 19.0. The van der Waals surface area contributed by atoms with Crippen molar-refractivity contribution in [2.45, 2.75) is 91.1 Å². The van der Waals surface area contributed by atoms with Crippen molar-refractivity contribution in [1.29, 1.82) is 0 Å². The van der Waals surface area contributed by atoms with Crippen LogP contribution in [0.1, 0.15) is 85.0 Å². The van der Waals surface area contributed by atoms with Crippen LogP contribution in [0.4, 0.5) is 0 Å². The van der Waals surface area contributed by atoms with E-state index in [0.717, 1.165) is 6.54 Å². The molecule has 2 nitrogen and oxygen atoms in total. The van der Waals surface area contributed by atoms with E-state index in [1.165, 1.54) is 70.8 Å². The third-order valence-electron chi connectivity index (χ3n) is 4.42. The molecule has 0 bridgehead atoms. The van der Waals surface area contributed by atoms with E-state index in [4.69, 9.17) is 0 Å². The van der Waals surface area contributed by atoms with Crippen molar-refractivity contribution < 1.29 is 0 Å². The fourth-order valence-electron chi connectivity index (χ4n) is 3.08. The van der Waals surface area contributed by atoms with Crippen molar-refractivity contribution in [2.24, 2.45) is 0 Å². The van der Waals surface area contributed by atoms with E-state index in [1.807, 2.05) is 0 Å². The highest BCUT2D eigenvalue weighted by atomic mass is 15.4. The molecule has 1 aliphatic heterocycles. The van der Waals surface area contributed by atoms with Crippen molar-refractivity contribution in [1.82, 2.24) is 9.80 Å². The molecule has 1 unspecified atom stereocenters. The van der Waals surface area contributed by atoms with Gasteiger partial charge in [-0.1, -0.05) is 58.8 Å². The monoisotopic (exact) mass is 280 g/mol. The van der Waals surface area contributed by atoms with Gasteiger partial charge in [-0.3, -0.25) is 0 Å². The van der Waals surface area contributed by atoms with Gasteiger partial charge in [0.05, 0.1) is 0 Å². The third kappa shape index (κ3) is 6.19. The summed E-state index contributed by atoms with van der Waals surface area (Å²) < 4.78 is 0. The van der Waals surface area contributed by atoms with Crippen LogP contribution in [0, 0.1) is 0 Å². The second-order valence-electron chi connectivity index (χ2n) is 6.11. The molecule has 0 amide bonds. The average Bonchev–Trinajstić information content (AvgIpc) is 2.85. The summed E-state index contributed by atoms with van der Waals surface area (Å²) in [4.78, 5) is 5.10. The van der Waals surface area contributed by atoms with E-state index in [1.54, 1.807) is 0 Å². The van der Waals surface area contributed by atoms with Gasteiger partial charge in [0.2, 0.25) is 0 Å². The van der Waals surface area contributed by atoms with Gasteiger partial charge in [-0.25, -0.2) is 0 Å². The summed E-state index contributed by atoms with van der Waals surface area (Å²) in [6.45, 7) is 9.23. The summed E-state index contributed by atoms with van der Waals surface area (Å²) in [6, 6.07) is 0. The van der Waals surface area contributed by atoms with Crippen LogP contribution < -0.4 is 0 Å². The molecule has 0 aromatic heterocycles. The highest BCUT2D eigenvalue weighted by molar-refractivity contribution is 4.96. The summed E-state index contributed by atoms with van der Waals surface area (Å²) >= 11 is 0. The van der Waals surface area contributed by atoms with E-state index in [9.17, 15) is 0 Å². The van der Waals surface area contributed by atoms with Crippen molar-refractivity contribution >= 4 is 0 Å². The highest BCUT2D eigenvalue weighted by Crippen LogP contribution is 2.22. The molecule has 0 saturated heterocycles. The summed E-state index contributed by atoms with van der Waals surface area (Å²) in [5, 5.41) is 0. The van der Waals surface area contributed by atoms with Gasteiger partial charge < -0.3 is 9.80 Å². The maximum atomic E-state index is 2.58. The predicted octanol–water partition coefficient (Wildman–Crippen LogP) is 5.36. The second kappa shape index (κ2) is 11.0. The number of nitrogens with zero attached hydrogens (tertiary/aromatic N) is 2. The highest BCUT2D eigenvalue weighted by Gasteiger charge is 2.23. The van der Waals surface area contributed by atoms with Gasteiger partial charge in [0.25, 0.3) is 0 Å². The Morgan fingerprint density at radius 3 is 1.95 bits per heavy atom. The topological polar surface area (TPSA) is 6.48 Å². The zero-order valence-electron chi connectivity index (χ0n) is 14.1. The molecule has 0 spiro atoms. The molecule has 20 heavy (non-hydrogen) atoms. The first kappa shape index (κ1) is 17.4. The Morgan fingerprint density at radius 1 is 0.700 bits per heavy atom. The minimum Gasteiger partial charge on any atom is -0.356 e.